The first-order valence-corrected chi connectivity index (χ1v) is 4.91. The van der Waals surface area contributed by atoms with E-state index in [0.29, 0.717) is 0 Å². The fourth-order valence-electron chi connectivity index (χ4n) is 1.03. The monoisotopic (exact) mass is 194 g/mol. The molecule has 0 aromatic heterocycles. The molecule has 2 nitrogen and oxygen atoms in total. The molecular formula is C10H23FO2. The molecule has 0 atom stereocenters. The van der Waals surface area contributed by atoms with E-state index in [-0.39, 0.29) is 11.2 Å². The molecule has 0 heterocycles. The fourth-order valence-corrected chi connectivity index (χ4v) is 1.03. The highest BCUT2D eigenvalue weighted by atomic mass is 19.0. The third kappa shape index (κ3) is 34.5. The summed E-state index contributed by atoms with van der Waals surface area (Å²) in [5, 5.41) is 6.89. The van der Waals surface area contributed by atoms with Gasteiger partial charge < -0.3 is 5.11 Å². The van der Waals surface area contributed by atoms with Crippen LogP contribution in [0, 0.1) is 0 Å². The predicted molar refractivity (Wildman–Crippen MR) is 54.9 cm³/mol. The van der Waals surface area contributed by atoms with Crippen LogP contribution >= 0.6 is 0 Å². The van der Waals surface area contributed by atoms with Crippen molar-refractivity contribution in [2.75, 3.05) is 0 Å². The van der Waals surface area contributed by atoms with Gasteiger partial charge in [0.1, 0.15) is 0 Å². The van der Waals surface area contributed by atoms with Gasteiger partial charge in [0.2, 0.25) is 0 Å². The summed E-state index contributed by atoms with van der Waals surface area (Å²) in [6.45, 7) is 4.28. The standard InChI is InChI=1S/C9H20.CH2O2.FH/c1-3-5-7-9-8-6-4-2;2-1-3;/h3-9H2,1-2H3;1H,(H,2,3);1H. The van der Waals surface area contributed by atoms with Crippen LogP contribution in [-0.4, -0.2) is 11.6 Å². The maximum Gasteiger partial charge on any atom is 0.290 e. The van der Waals surface area contributed by atoms with E-state index in [1.807, 2.05) is 0 Å². The molecule has 0 fully saturated rings. The highest BCUT2D eigenvalue weighted by Gasteiger charge is 1.85. The highest BCUT2D eigenvalue weighted by molar-refractivity contribution is 5.32. The number of hydrogen-bond acceptors (Lipinski definition) is 1. The van der Waals surface area contributed by atoms with Crippen molar-refractivity contribution in [1.82, 2.24) is 0 Å². The van der Waals surface area contributed by atoms with Crippen molar-refractivity contribution >= 4 is 6.47 Å². The van der Waals surface area contributed by atoms with Gasteiger partial charge in [-0.05, 0) is 0 Å². The SMILES string of the molecule is CCCCCCCCC.F.O=CO. The van der Waals surface area contributed by atoms with Crippen LogP contribution in [0.3, 0.4) is 0 Å². The number of hydrogen-bond donors (Lipinski definition) is 1. The highest BCUT2D eigenvalue weighted by Crippen LogP contribution is 2.05. The minimum atomic E-state index is -0.250. The van der Waals surface area contributed by atoms with Gasteiger partial charge in [0.25, 0.3) is 6.47 Å². The number of unbranched alkanes of at least 4 members (excludes halogenated alkanes) is 6. The number of rotatable bonds is 6. The molecule has 0 rings (SSSR count). The second-order valence-corrected chi connectivity index (χ2v) is 2.87. The van der Waals surface area contributed by atoms with E-state index in [2.05, 4.69) is 13.8 Å². The van der Waals surface area contributed by atoms with Crippen molar-refractivity contribution in [2.45, 2.75) is 58.8 Å². The Morgan fingerprint density at radius 1 is 0.923 bits per heavy atom. The molecule has 0 aliphatic rings. The molecule has 0 bridgehead atoms. The summed E-state index contributed by atoms with van der Waals surface area (Å²) >= 11 is 0. The maximum atomic E-state index is 8.36. The van der Waals surface area contributed by atoms with Gasteiger partial charge in [-0.25, -0.2) is 0 Å². The van der Waals surface area contributed by atoms with E-state index >= 15 is 0 Å². The van der Waals surface area contributed by atoms with Crippen LogP contribution in [0.2, 0.25) is 0 Å². The summed E-state index contributed by atoms with van der Waals surface area (Å²) in [6, 6.07) is 0. The van der Waals surface area contributed by atoms with Gasteiger partial charge in [-0.2, -0.15) is 0 Å². The summed E-state index contributed by atoms with van der Waals surface area (Å²) in [5.41, 5.74) is 0. The predicted octanol–water partition coefficient (Wildman–Crippen LogP) is 3.61. The number of halogens is 1. The second kappa shape index (κ2) is 22.5. The normalized spacial score (nSPS) is 7.85. The van der Waals surface area contributed by atoms with E-state index in [1.165, 1.54) is 44.9 Å². The maximum absolute atomic E-state index is 8.36. The van der Waals surface area contributed by atoms with Gasteiger partial charge in [0, 0.05) is 0 Å². The van der Waals surface area contributed by atoms with Gasteiger partial charge in [0.15, 0.2) is 0 Å². The van der Waals surface area contributed by atoms with Crippen molar-refractivity contribution in [1.29, 1.82) is 0 Å². The zero-order valence-corrected chi connectivity index (χ0v) is 8.79. The van der Waals surface area contributed by atoms with Crippen LogP contribution in [0.1, 0.15) is 58.8 Å². The molecule has 0 spiro atoms. The molecule has 82 valence electrons. The molecule has 0 saturated heterocycles. The molecule has 0 unspecified atom stereocenters. The van der Waals surface area contributed by atoms with Crippen molar-refractivity contribution in [2.24, 2.45) is 0 Å². The van der Waals surface area contributed by atoms with Crippen LogP contribution in [0.15, 0.2) is 0 Å². The average molecular weight is 194 g/mol. The first-order valence-electron chi connectivity index (χ1n) is 4.91. The summed E-state index contributed by atoms with van der Waals surface area (Å²) in [4.78, 5) is 8.36. The van der Waals surface area contributed by atoms with E-state index in [4.69, 9.17) is 9.90 Å². The van der Waals surface area contributed by atoms with Crippen LogP contribution < -0.4 is 0 Å². The van der Waals surface area contributed by atoms with Crippen molar-refractivity contribution in [3.05, 3.63) is 0 Å². The third-order valence-corrected chi connectivity index (χ3v) is 1.71. The fraction of sp³-hybridized carbons (Fsp3) is 0.900. The summed E-state index contributed by atoms with van der Waals surface area (Å²) < 4.78 is 0. The smallest absolute Gasteiger partial charge is 0.290 e. The van der Waals surface area contributed by atoms with E-state index in [9.17, 15) is 0 Å². The average Bonchev–Trinajstić information content (AvgIpc) is 2.06. The summed E-state index contributed by atoms with van der Waals surface area (Å²) in [5.74, 6) is 0. The molecule has 1 N–H and O–H groups in total. The summed E-state index contributed by atoms with van der Waals surface area (Å²) in [6.07, 6.45) is 9.97. The van der Waals surface area contributed by atoms with Gasteiger partial charge >= 0.3 is 0 Å². The van der Waals surface area contributed by atoms with Gasteiger partial charge in [-0.3, -0.25) is 9.50 Å². The minimum Gasteiger partial charge on any atom is -0.483 e. The quantitative estimate of drug-likeness (QED) is 0.518. The molecule has 0 aromatic carbocycles. The molecule has 0 aromatic rings. The third-order valence-electron chi connectivity index (χ3n) is 1.71. The lowest BCUT2D eigenvalue weighted by atomic mass is 10.1. The lowest BCUT2D eigenvalue weighted by Gasteiger charge is -1.96. The Labute approximate surface area is 80.7 Å². The Hall–Kier alpha value is -0.600. The lowest BCUT2D eigenvalue weighted by molar-refractivity contribution is -0.122. The van der Waals surface area contributed by atoms with Crippen LogP contribution in [0.25, 0.3) is 0 Å². The second-order valence-electron chi connectivity index (χ2n) is 2.87. The Bertz CT molecular complexity index is 71.3. The minimum absolute atomic E-state index is 0. The zero-order chi connectivity index (χ0) is 9.66. The van der Waals surface area contributed by atoms with Gasteiger partial charge in [-0.1, -0.05) is 58.8 Å². The molecule has 0 aliphatic carbocycles. The zero-order valence-electron chi connectivity index (χ0n) is 8.79. The molecule has 3 heteroatoms. The van der Waals surface area contributed by atoms with Gasteiger partial charge in [-0.15, -0.1) is 0 Å². The molecule has 0 aliphatic heterocycles. The first kappa shape index (κ1) is 18.2. The Kier molecular flexibility index (Phi) is 31.6. The molecule has 13 heavy (non-hydrogen) atoms. The van der Waals surface area contributed by atoms with Crippen molar-refractivity contribution < 1.29 is 14.6 Å². The van der Waals surface area contributed by atoms with Crippen LogP contribution in [0.4, 0.5) is 4.70 Å². The van der Waals surface area contributed by atoms with Crippen molar-refractivity contribution in [3.63, 3.8) is 0 Å². The molecule has 0 saturated carbocycles. The van der Waals surface area contributed by atoms with Crippen LogP contribution in [0.5, 0.6) is 0 Å². The number of carboxylic acid groups (broad SMARTS) is 1. The van der Waals surface area contributed by atoms with E-state index in [1.54, 1.807) is 0 Å². The topological polar surface area (TPSA) is 37.3 Å². The molecular weight excluding hydrogens is 171 g/mol. The van der Waals surface area contributed by atoms with E-state index in [0.717, 1.165) is 0 Å². The first-order chi connectivity index (χ1) is 5.83. The largest absolute Gasteiger partial charge is 0.483 e. The van der Waals surface area contributed by atoms with Crippen LogP contribution in [-0.2, 0) is 4.79 Å². The van der Waals surface area contributed by atoms with Crippen molar-refractivity contribution in [3.8, 4) is 0 Å². The Morgan fingerprint density at radius 3 is 1.38 bits per heavy atom. The number of carbonyl (C=O) groups is 1. The molecule has 0 amide bonds. The molecule has 0 radical (unpaired) electrons. The Morgan fingerprint density at radius 2 is 1.15 bits per heavy atom. The van der Waals surface area contributed by atoms with Gasteiger partial charge in [0.05, 0.1) is 0 Å². The lowest BCUT2D eigenvalue weighted by Crippen LogP contribution is -1.76. The summed E-state index contributed by atoms with van der Waals surface area (Å²) in [7, 11) is 0. The Balaban J connectivity index is -0.000000220. The van der Waals surface area contributed by atoms with E-state index < -0.39 is 0 Å².